The predicted molar refractivity (Wildman–Crippen MR) is 115 cm³/mol. The zero-order valence-electron chi connectivity index (χ0n) is 16.3. The number of nitrogens with zero attached hydrogens (tertiary/aromatic N) is 6. The fourth-order valence-electron chi connectivity index (χ4n) is 3.81. The molecule has 0 unspecified atom stereocenters. The van der Waals surface area contributed by atoms with Crippen molar-refractivity contribution in [2.75, 3.05) is 11.9 Å². The van der Waals surface area contributed by atoms with Gasteiger partial charge in [-0.15, -0.1) is 10.2 Å². The average molecular weight is 451 g/mol. The Balaban J connectivity index is 1.46. The Morgan fingerprint density at radius 1 is 1.00 bits per heavy atom. The summed E-state index contributed by atoms with van der Waals surface area (Å²) < 4.78 is 30.0. The molecule has 2 N–H and O–H groups in total. The van der Waals surface area contributed by atoms with E-state index in [1.54, 1.807) is 18.5 Å². The van der Waals surface area contributed by atoms with Crippen molar-refractivity contribution in [3.05, 3.63) is 59.4 Å². The molecule has 0 spiro atoms. The molecule has 4 aromatic heterocycles. The summed E-state index contributed by atoms with van der Waals surface area (Å²) in [5.74, 6) is -0.162. The fraction of sp³-hybridized carbons (Fsp3) is 0.0952. The van der Waals surface area contributed by atoms with Crippen molar-refractivity contribution in [1.29, 1.82) is 0 Å². The zero-order valence-corrected chi connectivity index (χ0v) is 17.0. The molecular formula is C21H13ClF2N8. The lowest BCUT2D eigenvalue weighted by atomic mass is 10.0. The van der Waals surface area contributed by atoms with Crippen LogP contribution in [0, 0.1) is 11.6 Å². The number of nitrogens with one attached hydrogen (secondary N) is 2. The third-order valence-corrected chi connectivity index (χ3v) is 5.64. The lowest BCUT2D eigenvalue weighted by Gasteiger charge is -2.07. The number of benzene rings is 1. The van der Waals surface area contributed by atoms with E-state index in [0.29, 0.717) is 28.1 Å². The number of hydrogen-bond donors (Lipinski definition) is 2. The molecule has 0 saturated carbocycles. The normalized spacial score (nSPS) is 12.8. The van der Waals surface area contributed by atoms with Crippen LogP contribution in [0.2, 0.25) is 5.02 Å². The van der Waals surface area contributed by atoms with Crippen LogP contribution in [-0.2, 0) is 6.54 Å². The highest BCUT2D eigenvalue weighted by atomic mass is 35.5. The summed E-state index contributed by atoms with van der Waals surface area (Å²) in [5.41, 5.74) is 3.56. The summed E-state index contributed by atoms with van der Waals surface area (Å²) >= 11 is 5.86. The molecule has 0 bridgehead atoms. The molecule has 158 valence electrons. The van der Waals surface area contributed by atoms with Gasteiger partial charge >= 0.3 is 0 Å². The van der Waals surface area contributed by atoms with E-state index in [-0.39, 0.29) is 16.3 Å². The molecule has 11 heteroatoms. The van der Waals surface area contributed by atoms with Crippen LogP contribution in [0.3, 0.4) is 0 Å². The number of hydrogen-bond acceptors (Lipinski definition) is 6. The number of pyridine rings is 2. The van der Waals surface area contributed by atoms with E-state index >= 15 is 0 Å². The van der Waals surface area contributed by atoms with E-state index in [0.717, 1.165) is 30.7 Å². The largest absolute Gasteiger partial charge is 0.353 e. The molecule has 0 aliphatic carbocycles. The number of H-pyrrole nitrogens is 1. The number of fused-ring (bicyclic) bond motifs is 2. The number of rotatable bonds is 3. The van der Waals surface area contributed by atoms with E-state index in [9.17, 15) is 8.78 Å². The minimum absolute atomic E-state index is 0.0768. The van der Waals surface area contributed by atoms with Gasteiger partial charge in [0.05, 0.1) is 21.7 Å². The highest BCUT2D eigenvalue weighted by molar-refractivity contribution is 6.31. The first-order valence-corrected chi connectivity index (χ1v) is 10.1. The van der Waals surface area contributed by atoms with Crippen LogP contribution in [0.4, 0.5) is 14.7 Å². The standard InChI is InChI=1S/C21H13ClF2N8/c22-13-6-11(14(23)7-15(13)24)19-12(9-27-29-19)16-1-2-17-18(28-16)5-10(8-26-17)20-30-31-21-25-3-4-32(20)21/h1-2,5-9H,3-4H2,(H,25,31)(H,27,29). The number of aromatic amines is 1. The Labute approximate surface area is 184 Å². The molecule has 0 amide bonds. The third kappa shape index (κ3) is 2.91. The van der Waals surface area contributed by atoms with E-state index in [1.165, 1.54) is 6.07 Å². The highest BCUT2D eigenvalue weighted by Crippen LogP contribution is 2.34. The number of anilines is 1. The van der Waals surface area contributed by atoms with Gasteiger partial charge in [-0.05, 0) is 24.3 Å². The van der Waals surface area contributed by atoms with Gasteiger partial charge < -0.3 is 5.32 Å². The van der Waals surface area contributed by atoms with E-state index < -0.39 is 11.6 Å². The SMILES string of the molecule is Fc1cc(F)c(-c2n[nH]cc2-c2ccc3ncc(-c4nnc5n4CCN5)cc3n2)cc1Cl. The van der Waals surface area contributed by atoms with Gasteiger partial charge in [0, 0.05) is 48.2 Å². The summed E-state index contributed by atoms with van der Waals surface area (Å²) in [7, 11) is 0. The molecule has 0 fully saturated rings. The second kappa shape index (κ2) is 7.06. The summed E-state index contributed by atoms with van der Waals surface area (Å²) in [6.45, 7) is 1.57. The minimum Gasteiger partial charge on any atom is -0.353 e. The molecule has 8 nitrogen and oxygen atoms in total. The minimum atomic E-state index is -0.831. The van der Waals surface area contributed by atoms with Gasteiger partial charge in [-0.2, -0.15) is 5.10 Å². The van der Waals surface area contributed by atoms with Crippen LogP contribution in [0.15, 0.2) is 42.7 Å². The third-order valence-electron chi connectivity index (χ3n) is 5.35. The van der Waals surface area contributed by atoms with E-state index in [4.69, 9.17) is 16.6 Å². The van der Waals surface area contributed by atoms with Crippen molar-refractivity contribution >= 4 is 28.6 Å². The Bertz CT molecular complexity index is 1510. The molecule has 5 aromatic rings. The van der Waals surface area contributed by atoms with Gasteiger partial charge in [-0.3, -0.25) is 14.6 Å². The Morgan fingerprint density at radius 2 is 1.91 bits per heavy atom. The summed E-state index contributed by atoms with van der Waals surface area (Å²) in [5, 5.41) is 18.2. The van der Waals surface area contributed by atoms with Gasteiger partial charge in [-0.25, -0.2) is 13.8 Å². The maximum absolute atomic E-state index is 14.5. The summed E-state index contributed by atoms with van der Waals surface area (Å²) in [4.78, 5) is 9.21. The van der Waals surface area contributed by atoms with Crippen molar-refractivity contribution in [2.24, 2.45) is 0 Å². The molecule has 0 radical (unpaired) electrons. The van der Waals surface area contributed by atoms with Crippen LogP contribution in [0.1, 0.15) is 0 Å². The van der Waals surface area contributed by atoms with Gasteiger partial charge in [-0.1, -0.05) is 11.6 Å². The van der Waals surface area contributed by atoms with Crippen LogP contribution in [0.5, 0.6) is 0 Å². The second-order valence-electron chi connectivity index (χ2n) is 7.28. The Kier molecular flexibility index (Phi) is 4.15. The maximum Gasteiger partial charge on any atom is 0.225 e. The smallest absolute Gasteiger partial charge is 0.225 e. The summed E-state index contributed by atoms with van der Waals surface area (Å²) in [6.07, 6.45) is 3.34. The Hall–Kier alpha value is -3.92. The average Bonchev–Trinajstić information content (AvgIpc) is 3.52. The molecule has 5 heterocycles. The van der Waals surface area contributed by atoms with Crippen molar-refractivity contribution in [1.82, 2.24) is 34.9 Å². The topological polar surface area (TPSA) is 97.2 Å². The van der Waals surface area contributed by atoms with Crippen molar-refractivity contribution < 1.29 is 8.78 Å². The van der Waals surface area contributed by atoms with Gasteiger partial charge in [0.25, 0.3) is 0 Å². The lowest BCUT2D eigenvalue weighted by Crippen LogP contribution is -1.99. The van der Waals surface area contributed by atoms with Crippen LogP contribution in [-0.4, -0.2) is 41.5 Å². The Morgan fingerprint density at radius 3 is 2.81 bits per heavy atom. The number of halogens is 3. The van der Waals surface area contributed by atoms with Gasteiger partial charge in [0.15, 0.2) is 5.82 Å². The lowest BCUT2D eigenvalue weighted by molar-refractivity contribution is 0.585. The van der Waals surface area contributed by atoms with Crippen LogP contribution < -0.4 is 5.32 Å². The van der Waals surface area contributed by atoms with Crippen molar-refractivity contribution in [3.8, 4) is 33.9 Å². The van der Waals surface area contributed by atoms with Gasteiger partial charge in [0.1, 0.15) is 17.3 Å². The molecule has 1 aliphatic rings. The molecule has 0 saturated heterocycles. The molecule has 6 rings (SSSR count). The van der Waals surface area contributed by atoms with E-state index in [1.807, 2.05) is 16.7 Å². The van der Waals surface area contributed by atoms with Crippen molar-refractivity contribution in [2.45, 2.75) is 6.54 Å². The van der Waals surface area contributed by atoms with Crippen molar-refractivity contribution in [3.63, 3.8) is 0 Å². The fourth-order valence-corrected chi connectivity index (χ4v) is 3.98. The first kappa shape index (κ1) is 18.8. The summed E-state index contributed by atoms with van der Waals surface area (Å²) in [6, 6.07) is 7.43. The molecule has 0 atom stereocenters. The highest BCUT2D eigenvalue weighted by Gasteiger charge is 2.20. The molecule has 1 aromatic carbocycles. The molecule has 32 heavy (non-hydrogen) atoms. The maximum atomic E-state index is 14.5. The second-order valence-corrected chi connectivity index (χ2v) is 7.69. The number of aromatic nitrogens is 7. The zero-order chi connectivity index (χ0) is 21.8. The quantitative estimate of drug-likeness (QED) is 0.398. The monoisotopic (exact) mass is 450 g/mol. The van der Waals surface area contributed by atoms with Crippen LogP contribution >= 0.6 is 11.6 Å². The first-order chi connectivity index (χ1) is 15.6. The van der Waals surface area contributed by atoms with E-state index in [2.05, 4.69) is 30.7 Å². The first-order valence-electron chi connectivity index (χ1n) is 9.72. The molecule has 1 aliphatic heterocycles. The van der Waals surface area contributed by atoms with Crippen LogP contribution in [0.25, 0.3) is 44.9 Å². The van der Waals surface area contributed by atoms with Gasteiger partial charge in [0.2, 0.25) is 5.95 Å². The molecular weight excluding hydrogens is 438 g/mol. The predicted octanol–water partition coefficient (Wildman–Crippen LogP) is 4.30.